The van der Waals surface area contributed by atoms with E-state index < -0.39 is 0 Å². The molecule has 22 heavy (non-hydrogen) atoms. The Kier molecular flexibility index (Phi) is 3.02. The van der Waals surface area contributed by atoms with Crippen LogP contribution in [-0.2, 0) is 6.54 Å². The molecule has 3 heteroatoms. The number of nitrogens with one attached hydrogen (secondary N) is 1. The Morgan fingerprint density at radius 1 is 1.05 bits per heavy atom. The van der Waals surface area contributed by atoms with Crippen molar-refractivity contribution >= 4 is 11.3 Å². The number of thiophene rings is 1. The second-order valence-electron chi connectivity index (χ2n) is 7.83. The molecular weight excluding hydrogens is 290 g/mol. The first-order chi connectivity index (χ1) is 10.8. The van der Waals surface area contributed by atoms with E-state index in [1.807, 2.05) is 23.7 Å². The first-order valence-corrected chi connectivity index (χ1v) is 9.46. The van der Waals surface area contributed by atoms with Crippen LogP contribution in [0.3, 0.4) is 0 Å². The summed E-state index contributed by atoms with van der Waals surface area (Å²) in [6.07, 6.45) is 12.4. The van der Waals surface area contributed by atoms with Crippen molar-refractivity contribution in [2.45, 2.75) is 50.6 Å². The van der Waals surface area contributed by atoms with Crippen molar-refractivity contribution in [1.82, 2.24) is 5.32 Å². The molecule has 0 spiro atoms. The van der Waals surface area contributed by atoms with Gasteiger partial charge in [0.05, 0.1) is 12.5 Å². The molecule has 116 valence electrons. The topological polar surface area (TPSA) is 25.2 Å². The monoisotopic (exact) mass is 313 g/mol. The van der Waals surface area contributed by atoms with E-state index in [0.717, 1.165) is 24.3 Å². The molecule has 2 heterocycles. The maximum absolute atomic E-state index is 5.19. The first kappa shape index (κ1) is 13.4. The average molecular weight is 313 g/mol. The van der Waals surface area contributed by atoms with E-state index in [2.05, 4.69) is 17.4 Å². The lowest BCUT2D eigenvalue weighted by Gasteiger charge is -2.57. The highest BCUT2D eigenvalue weighted by Crippen LogP contribution is 2.55. The zero-order valence-corrected chi connectivity index (χ0v) is 13.7. The number of hydrogen-bond donors (Lipinski definition) is 1. The molecule has 4 aliphatic carbocycles. The van der Waals surface area contributed by atoms with Crippen LogP contribution in [-0.4, -0.2) is 5.54 Å². The molecule has 4 bridgehead atoms. The van der Waals surface area contributed by atoms with Crippen LogP contribution in [0.25, 0.3) is 10.4 Å². The lowest BCUT2D eigenvalue weighted by Crippen LogP contribution is -2.58. The predicted molar refractivity (Wildman–Crippen MR) is 89.8 cm³/mol. The Bertz CT molecular complexity index is 622. The van der Waals surface area contributed by atoms with E-state index in [1.165, 1.54) is 53.8 Å². The summed E-state index contributed by atoms with van der Waals surface area (Å²) in [6, 6.07) is 6.55. The van der Waals surface area contributed by atoms with Crippen molar-refractivity contribution in [3.8, 4) is 10.4 Å². The third-order valence-corrected chi connectivity index (χ3v) is 7.28. The van der Waals surface area contributed by atoms with Gasteiger partial charge in [0.1, 0.15) is 0 Å². The van der Waals surface area contributed by atoms with Gasteiger partial charge in [-0.25, -0.2) is 0 Å². The minimum atomic E-state index is 0.467. The maximum atomic E-state index is 5.19. The molecule has 0 amide bonds. The molecular formula is C19H23NOS. The first-order valence-electron chi connectivity index (χ1n) is 8.64. The Balaban J connectivity index is 1.29. The van der Waals surface area contributed by atoms with Gasteiger partial charge in [-0.15, -0.1) is 11.3 Å². The molecule has 0 radical (unpaired) electrons. The summed E-state index contributed by atoms with van der Waals surface area (Å²) in [6.45, 7) is 1.04. The van der Waals surface area contributed by atoms with Crippen LogP contribution >= 0.6 is 11.3 Å². The second-order valence-corrected chi connectivity index (χ2v) is 9.00. The van der Waals surface area contributed by atoms with E-state index in [4.69, 9.17) is 4.42 Å². The zero-order chi connectivity index (χ0) is 14.6. The van der Waals surface area contributed by atoms with Gasteiger partial charge in [-0.3, -0.25) is 0 Å². The molecule has 0 atom stereocenters. The lowest BCUT2D eigenvalue weighted by atomic mass is 9.53. The Hall–Kier alpha value is -1.06. The smallest absolute Gasteiger partial charge is 0.0989 e. The van der Waals surface area contributed by atoms with Crippen LogP contribution in [0.4, 0.5) is 0 Å². The van der Waals surface area contributed by atoms with Gasteiger partial charge in [0.25, 0.3) is 0 Å². The molecule has 0 unspecified atom stereocenters. The molecule has 6 rings (SSSR count). The minimum absolute atomic E-state index is 0.467. The van der Waals surface area contributed by atoms with Crippen molar-refractivity contribution in [3.63, 3.8) is 0 Å². The van der Waals surface area contributed by atoms with Crippen LogP contribution in [0.2, 0.25) is 0 Å². The summed E-state index contributed by atoms with van der Waals surface area (Å²) < 4.78 is 5.19. The molecule has 4 saturated carbocycles. The van der Waals surface area contributed by atoms with Crippen LogP contribution in [0.1, 0.15) is 43.4 Å². The van der Waals surface area contributed by atoms with Gasteiger partial charge in [-0.05, 0) is 74.5 Å². The average Bonchev–Trinajstić information content (AvgIpc) is 3.15. The highest BCUT2D eigenvalue weighted by molar-refractivity contribution is 7.15. The van der Waals surface area contributed by atoms with Gasteiger partial charge >= 0.3 is 0 Å². The number of hydrogen-bond acceptors (Lipinski definition) is 3. The molecule has 4 aliphatic rings. The summed E-state index contributed by atoms with van der Waals surface area (Å²) >= 11 is 1.90. The van der Waals surface area contributed by atoms with Crippen molar-refractivity contribution < 1.29 is 4.42 Å². The van der Waals surface area contributed by atoms with Gasteiger partial charge in [0.2, 0.25) is 0 Å². The van der Waals surface area contributed by atoms with E-state index in [-0.39, 0.29) is 0 Å². The number of rotatable bonds is 4. The van der Waals surface area contributed by atoms with E-state index in [9.17, 15) is 0 Å². The third kappa shape index (κ3) is 2.26. The number of furan rings is 1. The van der Waals surface area contributed by atoms with Gasteiger partial charge in [0.15, 0.2) is 0 Å². The molecule has 0 aromatic carbocycles. The SMILES string of the molecule is c1cc(-c2ccc(CNC34CC5CC(CC(C5)C3)C4)s2)co1. The van der Waals surface area contributed by atoms with Gasteiger partial charge < -0.3 is 9.73 Å². The highest BCUT2D eigenvalue weighted by atomic mass is 32.1. The standard InChI is InChI=1S/C19H23NOS/c1-2-18(16-3-4-21-12-16)22-17(1)11-20-19-8-13-5-14(9-19)7-15(6-13)10-19/h1-4,12-15,20H,5-11H2. The molecule has 0 aliphatic heterocycles. The third-order valence-electron chi connectivity index (χ3n) is 6.14. The van der Waals surface area contributed by atoms with Crippen molar-refractivity contribution in [3.05, 3.63) is 35.6 Å². The van der Waals surface area contributed by atoms with E-state index >= 15 is 0 Å². The van der Waals surface area contributed by atoms with Crippen molar-refractivity contribution in [1.29, 1.82) is 0 Å². The summed E-state index contributed by atoms with van der Waals surface area (Å²) in [5.41, 5.74) is 1.67. The molecule has 4 fully saturated rings. The summed E-state index contributed by atoms with van der Waals surface area (Å²) in [5.74, 6) is 3.05. The molecule has 0 saturated heterocycles. The summed E-state index contributed by atoms with van der Waals surface area (Å²) in [5, 5.41) is 3.99. The van der Waals surface area contributed by atoms with Crippen LogP contribution < -0.4 is 5.32 Å². The van der Waals surface area contributed by atoms with Gasteiger partial charge in [0, 0.05) is 27.4 Å². The quantitative estimate of drug-likeness (QED) is 0.853. The van der Waals surface area contributed by atoms with Crippen LogP contribution in [0.15, 0.2) is 35.1 Å². The second kappa shape index (κ2) is 4.97. The minimum Gasteiger partial charge on any atom is -0.472 e. The van der Waals surface area contributed by atoms with Gasteiger partial charge in [-0.1, -0.05) is 0 Å². The van der Waals surface area contributed by atoms with Crippen LogP contribution in [0, 0.1) is 17.8 Å². The predicted octanol–water partition coefficient (Wildman–Crippen LogP) is 5.07. The van der Waals surface area contributed by atoms with Gasteiger partial charge in [-0.2, -0.15) is 0 Å². The fraction of sp³-hybridized carbons (Fsp3) is 0.579. The highest BCUT2D eigenvalue weighted by Gasteiger charge is 2.50. The molecule has 2 aromatic rings. The summed E-state index contributed by atoms with van der Waals surface area (Å²) in [4.78, 5) is 2.77. The normalized spacial score (nSPS) is 36.1. The van der Waals surface area contributed by atoms with Crippen molar-refractivity contribution in [2.24, 2.45) is 17.8 Å². The maximum Gasteiger partial charge on any atom is 0.0989 e. The Labute approximate surface area is 135 Å². The largest absolute Gasteiger partial charge is 0.472 e. The molecule has 2 nitrogen and oxygen atoms in total. The fourth-order valence-electron chi connectivity index (χ4n) is 5.63. The van der Waals surface area contributed by atoms with E-state index in [0.29, 0.717) is 5.54 Å². The zero-order valence-electron chi connectivity index (χ0n) is 12.9. The Morgan fingerprint density at radius 3 is 2.41 bits per heavy atom. The van der Waals surface area contributed by atoms with E-state index in [1.54, 1.807) is 6.26 Å². The molecule has 2 aromatic heterocycles. The van der Waals surface area contributed by atoms with Crippen LogP contribution in [0.5, 0.6) is 0 Å². The summed E-state index contributed by atoms with van der Waals surface area (Å²) in [7, 11) is 0. The molecule has 1 N–H and O–H groups in total. The lowest BCUT2D eigenvalue weighted by molar-refractivity contribution is -0.0204. The fourth-order valence-corrected chi connectivity index (χ4v) is 6.57. The van der Waals surface area contributed by atoms with Crippen molar-refractivity contribution in [2.75, 3.05) is 0 Å². The Morgan fingerprint density at radius 2 is 1.77 bits per heavy atom.